The van der Waals surface area contributed by atoms with Crippen LogP contribution in [-0.4, -0.2) is 10.4 Å². The Labute approximate surface area is 128 Å². The zero-order chi connectivity index (χ0) is 16.3. The van der Waals surface area contributed by atoms with Gasteiger partial charge in [0.15, 0.2) is 0 Å². The van der Waals surface area contributed by atoms with Crippen molar-refractivity contribution in [2.45, 2.75) is 17.3 Å². The molecule has 8 heteroatoms. The smallest absolute Gasteiger partial charge is 0.446 e. The predicted octanol–water partition coefficient (Wildman–Crippen LogP) is 5.31. The molecule has 0 heterocycles. The SMILES string of the molecule is Cc1cc([N+](=O)[O-])ccc1Oc1ccc(SC(F)(F)F)cc1. The molecule has 4 nitrogen and oxygen atoms in total. The fourth-order valence-electron chi connectivity index (χ4n) is 1.70. The molecule has 0 radical (unpaired) electrons. The summed E-state index contributed by atoms with van der Waals surface area (Å²) in [5.74, 6) is 0.755. The van der Waals surface area contributed by atoms with Crippen LogP contribution in [0, 0.1) is 17.0 Å². The van der Waals surface area contributed by atoms with Crippen molar-refractivity contribution in [1.82, 2.24) is 0 Å². The molecule has 0 fully saturated rings. The molecule has 0 atom stereocenters. The van der Waals surface area contributed by atoms with Crippen LogP contribution >= 0.6 is 11.8 Å². The molecule has 0 aliphatic heterocycles. The number of nitro benzene ring substituents is 1. The highest BCUT2D eigenvalue weighted by Crippen LogP contribution is 2.37. The van der Waals surface area contributed by atoms with Crippen LogP contribution in [0.1, 0.15) is 5.56 Å². The highest BCUT2D eigenvalue weighted by atomic mass is 32.2. The maximum absolute atomic E-state index is 12.2. The third-order valence-electron chi connectivity index (χ3n) is 2.65. The Morgan fingerprint density at radius 3 is 2.27 bits per heavy atom. The number of hydrogen-bond donors (Lipinski definition) is 0. The van der Waals surface area contributed by atoms with Gasteiger partial charge in [0.2, 0.25) is 0 Å². The number of thioether (sulfide) groups is 1. The summed E-state index contributed by atoms with van der Waals surface area (Å²) in [5.41, 5.74) is -3.83. The van der Waals surface area contributed by atoms with Crippen LogP contribution in [0.3, 0.4) is 0 Å². The quantitative estimate of drug-likeness (QED) is 0.433. The molecule has 0 bridgehead atoms. The number of non-ortho nitro benzene ring substituents is 1. The number of ether oxygens (including phenoxy) is 1. The first-order chi connectivity index (χ1) is 10.2. The molecule has 0 saturated carbocycles. The number of nitro groups is 1. The lowest BCUT2D eigenvalue weighted by Gasteiger charge is -2.10. The predicted molar refractivity (Wildman–Crippen MR) is 76.3 cm³/mol. The van der Waals surface area contributed by atoms with Crippen molar-refractivity contribution in [2.75, 3.05) is 0 Å². The van der Waals surface area contributed by atoms with Gasteiger partial charge in [0.05, 0.1) is 4.92 Å². The van der Waals surface area contributed by atoms with Gasteiger partial charge in [-0.2, -0.15) is 13.2 Å². The van der Waals surface area contributed by atoms with Gasteiger partial charge in [0, 0.05) is 17.0 Å². The summed E-state index contributed by atoms with van der Waals surface area (Å²) in [6, 6.07) is 9.54. The molecular weight excluding hydrogens is 319 g/mol. The van der Waals surface area contributed by atoms with Crippen molar-refractivity contribution >= 4 is 17.4 Å². The average Bonchev–Trinajstić information content (AvgIpc) is 2.41. The lowest BCUT2D eigenvalue weighted by molar-refractivity contribution is -0.384. The van der Waals surface area contributed by atoms with Gasteiger partial charge >= 0.3 is 5.51 Å². The molecule has 116 valence electrons. The minimum absolute atomic E-state index is 0.0539. The Morgan fingerprint density at radius 1 is 1.14 bits per heavy atom. The van der Waals surface area contributed by atoms with E-state index in [0.717, 1.165) is 0 Å². The van der Waals surface area contributed by atoms with Crippen molar-refractivity contribution in [2.24, 2.45) is 0 Å². The molecule has 0 aliphatic carbocycles. The standard InChI is InChI=1S/C14H10F3NO3S/c1-9-8-10(18(19)20)2-7-13(9)21-11-3-5-12(6-4-11)22-14(15,16)17/h2-8H,1H3. The van der Waals surface area contributed by atoms with Gasteiger partial charge in [-0.3, -0.25) is 10.1 Å². The Bertz CT molecular complexity index is 687. The van der Waals surface area contributed by atoms with E-state index >= 15 is 0 Å². The number of halogens is 3. The van der Waals surface area contributed by atoms with Crippen molar-refractivity contribution < 1.29 is 22.8 Å². The normalized spacial score (nSPS) is 11.3. The highest BCUT2D eigenvalue weighted by molar-refractivity contribution is 8.00. The summed E-state index contributed by atoms with van der Waals surface area (Å²) in [6.45, 7) is 1.65. The maximum Gasteiger partial charge on any atom is 0.446 e. The molecule has 0 saturated heterocycles. The van der Waals surface area contributed by atoms with Crippen LogP contribution in [-0.2, 0) is 0 Å². The second-order valence-electron chi connectivity index (χ2n) is 4.33. The number of aryl methyl sites for hydroxylation is 1. The number of nitrogens with zero attached hydrogens (tertiary/aromatic N) is 1. The Kier molecular flexibility index (Phi) is 4.60. The first kappa shape index (κ1) is 16.2. The van der Waals surface area contributed by atoms with Gasteiger partial charge in [-0.1, -0.05) is 0 Å². The third-order valence-corrected chi connectivity index (χ3v) is 3.39. The fourth-order valence-corrected chi connectivity index (χ4v) is 2.24. The second kappa shape index (κ2) is 6.27. The molecule has 0 N–H and O–H groups in total. The molecule has 22 heavy (non-hydrogen) atoms. The van der Waals surface area contributed by atoms with E-state index in [4.69, 9.17) is 4.74 Å². The molecule has 0 amide bonds. The monoisotopic (exact) mass is 329 g/mol. The second-order valence-corrected chi connectivity index (χ2v) is 5.47. The van der Waals surface area contributed by atoms with E-state index < -0.39 is 10.4 Å². The lowest BCUT2D eigenvalue weighted by atomic mass is 10.2. The highest BCUT2D eigenvalue weighted by Gasteiger charge is 2.29. The van der Waals surface area contributed by atoms with Gasteiger partial charge in [0.25, 0.3) is 5.69 Å². The van der Waals surface area contributed by atoms with Crippen molar-refractivity contribution in [3.63, 3.8) is 0 Å². The first-order valence-electron chi connectivity index (χ1n) is 6.03. The molecule has 0 aromatic heterocycles. The zero-order valence-corrected chi connectivity index (χ0v) is 12.1. The molecule has 2 rings (SSSR count). The minimum atomic E-state index is -4.34. The van der Waals surface area contributed by atoms with Crippen molar-refractivity contribution in [3.8, 4) is 11.5 Å². The Hall–Kier alpha value is -2.22. The van der Waals surface area contributed by atoms with Crippen molar-refractivity contribution in [1.29, 1.82) is 0 Å². The van der Waals surface area contributed by atoms with Gasteiger partial charge in [-0.15, -0.1) is 0 Å². The van der Waals surface area contributed by atoms with Crippen LogP contribution in [0.25, 0.3) is 0 Å². The van der Waals surface area contributed by atoms with E-state index in [2.05, 4.69) is 0 Å². The molecule has 2 aromatic carbocycles. The average molecular weight is 329 g/mol. The van der Waals surface area contributed by atoms with E-state index in [1.165, 1.54) is 42.5 Å². The van der Waals surface area contributed by atoms with Gasteiger partial charge in [0.1, 0.15) is 11.5 Å². The van der Waals surface area contributed by atoms with Crippen molar-refractivity contribution in [3.05, 3.63) is 58.1 Å². The summed E-state index contributed by atoms with van der Waals surface area (Å²) in [6.07, 6.45) is 0. The van der Waals surface area contributed by atoms with Gasteiger partial charge in [-0.25, -0.2) is 0 Å². The van der Waals surface area contributed by atoms with E-state index in [1.54, 1.807) is 6.92 Å². The van der Waals surface area contributed by atoms with Crippen LogP contribution in [0.15, 0.2) is 47.4 Å². The summed E-state index contributed by atoms with van der Waals surface area (Å²) in [4.78, 5) is 10.2. The Balaban J connectivity index is 2.12. The van der Waals surface area contributed by atoms with Gasteiger partial charge in [-0.05, 0) is 54.6 Å². The fraction of sp³-hybridized carbons (Fsp3) is 0.143. The number of rotatable bonds is 4. The summed E-state index contributed by atoms with van der Waals surface area (Å²) >= 11 is -0.206. The van der Waals surface area contributed by atoms with Crippen LogP contribution in [0.2, 0.25) is 0 Å². The molecule has 0 aliphatic rings. The summed E-state index contributed by atoms with van der Waals surface area (Å²) < 4.78 is 42.2. The maximum atomic E-state index is 12.2. The number of benzene rings is 2. The van der Waals surface area contributed by atoms with Gasteiger partial charge < -0.3 is 4.74 Å². The zero-order valence-electron chi connectivity index (χ0n) is 11.3. The lowest BCUT2D eigenvalue weighted by Crippen LogP contribution is -1.98. The summed E-state index contributed by atoms with van der Waals surface area (Å²) in [5, 5.41) is 10.6. The Morgan fingerprint density at radius 2 is 1.77 bits per heavy atom. The van der Waals surface area contributed by atoms with Crippen LogP contribution in [0.4, 0.5) is 18.9 Å². The van der Waals surface area contributed by atoms with Crippen LogP contribution < -0.4 is 4.74 Å². The number of hydrogen-bond acceptors (Lipinski definition) is 4. The third kappa shape index (κ3) is 4.39. The van der Waals surface area contributed by atoms with E-state index in [-0.39, 0.29) is 22.3 Å². The van der Waals surface area contributed by atoms with E-state index in [1.807, 2.05) is 0 Å². The molecular formula is C14H10F3NO3S. The molecule has 0 spiro atoms. The summed E-state index contributed by atoms with van der Waals surface area (Å²) in [7, 11) is 0. The first-order valence-corrected chi connectivity index (χ1v) is 6.85. The molecule has 2 aromatic rings. The molecule has 0 unspecified atom stereocenters. The van der Waals surface area contributed by atoms with E-state index in [0.29, 0.717) is 17.1 Å². The van der Waals surface area contributed by atoms with Crippen LogP contribution in [0.5, 0.6) is 11.5 Å². The largest absolute Gasteiger partial charge is 0.457 e. The minimum Gasteiger partial charge on any atom is -0.457 e. The topological polar surface area (TPSA) is 52.4 Å². The number of alkyl halides is 3. The van der Waals surface area contributed by atoms with E-state index in [9.17, 15) is 23.3 Å².